The van der Waals surface area contributed by atoms with Crippen molar-refractivity contribution in [1.29, 1.82) is 0 Å². The van der Waals surface area contributed by atoms with Gasteiger partial charge in [0.15, 0.2) is 0 Å². The molecule has 0 spiro atoms. The summed E-state index contributed by atoms with van der Waals surface area (Å²) in [6.45, 7) is 1.22. The van der Waals surface area contributed by atoms with Gasteiger partial charge in [0, 0.05) is 28.4 Å². The quantitative estimate of drug-likeness (QED) is 0.721. The van der Waals surface area contributed by atoms with Crippen LogP contribution < -0.4 is 5.32 Å². The van der Waals surface area contributed by atoms with E-state index in [0.717, 1.165) is 22.1 Å². The molecule has 1 atom stereocenters. The summed E-state index contributed by atoms with van der Waals surface area (Å²) in [6.07, 6.45) is 1.80. The number of anilines is 1. The molecule has 1 heterocycles. The average molecular weight is 442 g/mol. The summed E-state index contributed by atoms with van der Waals surface area (Å²) in [7, 11) is -3.43. The van der Waals surface area contributed by atoms with Crippen LogP contribution in [0.25, 0.3) is 0 Å². The van der Waals surface area contributed by atoms with Gasteiger partial charge >= 0.3 is 0 Å². The summed E-state index contributed by atoms with van der Waals surface area (Å²) in [4.78, 5) is 0.385. The molecule has 2 aromatic carbocycles. The third-order valence-electron chi connectivity index (χ3n) is 4.04. The van der Waals surface area contributed by atoms with Crippen LogP contribution in [0.2, 0.25) is 0 Å². The van der Waals surface area contributed by atoms with Gasteiger partial charge in [-0.05, 0) is 65.8 Å². The summed E-state index contributed by atoms with van der Waals surface area (Å²) >= 11 is 2.14. The van der Waals surface area contributed by atoms with Crippen molar-refractivity contribution in [3.05, 3.63) is 58.2 Å². The Morgan fingerprint density at radius 1 is 1.13 bits per heavy atom. The van der Waals surface area contributed by atoms with Gasteiger partial charge < -0.3 is 5.32 Å². The Bertz CT molecular complexity index is 765. The Morgan fingerprint density at radius 2 is 1.91 bits per heavy atom. The van der Waals surface area contributed by atoms with E-state index >= 15 is 0 Å². The molecule has 6 heteroatoms. The van der Waals surface area contributed by atoms with Crippen LogP contribution in [0.4, 0.5) is 5.69 Å². The molecule has 0 bridgehead atoms. The Kier molecular flexibility index (Phi) is 5.23. The maximum Gasteiger partial charge on any atom is 0.243 e. The van der Waals surface area contributed by atoms with E-state index in [0.29, 0.717) is 18.0 Å². The van der Waals surface area contributed by atoms with Crippen molar-refractivity contribution in [2.24, 2.45) is 0 Å². The lowest BCUT2D eigenvalue weighted by Gasteiger charge is -2.24. The lowest BCUT2D eigenvalue weighted by Crippen LogP contribution is -2.39. The first-order chi connectivity index (χ1) is 11.1. The second-order valence-electron chi connectivity index (χ2n) is 5.62. The van der Waals surface area contributed by atoms with Crippen LogP contribution in [0.5, 0.6) is 0 Å². The van der Waals surface area contributed by atoms with Gasteiger partial charge in [0.05, 0.1) is 4.90 Å². The van der Waals surface area contributed by atoms with Crippen LogP contribution in [0, 0.1) is 3.57 Å². The van der Waals surface area contributed by atoms with E-state index in [2.05, 4.69) is 27.9 Å². The molecule has 1 fully saturated rings. The van der Waals surface area contributed by atoms with Crippen LogP contribution >= 0.6 is 22.6 Å². The van der Waals surface area contributed by atoms with Crippen LogP contribution in [0.1, 0.15) is 12.8 Å². The number of sulfonamides is 1. The van der Waals surface area contributed by atoms with Gasteiger partial charge in [-0.25, -0.2) is 8.42 Å². The molecule has 4 nitrogen and oxygen atoms in total. The molecule has 122 valence electrons. The molecule has 0 radical (unpaired) electrons. The first-order valence-electron chi connectivity index (χ1n) is 7.64. The normalized spacial score (nSPS) is 18.9. The third-order valence-corrected chi connectivity index (χ3v) is 6.66. The molecule has 1 aliphatic rings. The minimum atomic E-state index is -3.43. The standard InChI is InChI=1S/C17H19IN2O2S/c18-14-6-4-10-17(12-14)23(21,22)20-11-5-9-16(20)13-19-15-7-2-1-3-8-15/h1-4,6-8,10,12,16,19H,5,9,11,13H2/t16-/m0/s1. The lowest BCUT2D eigenvalue weighted by molar-refractivity contribution is 0.399. The molecule has 23 heavy (non-hydrogen) atoms. The fourth-order valence-electron chi connectivity index (χ4n) is 2.88. The Hall–Kier alpha value is -1.12. The molecule has 0 saturated carbocycles. The topological polar surface area (TPSA) is 49.4 Å². The number of hydrogen-bond donors (Lipinski definition) is 1. The third kappa shape index (κ3) is 3.87. The van der Waals surface area contributed by atoms with E-state index in [1.54, 1.807) is 22.5 Å². The van der Waals surface area contributed by atoms with Crippen molar-refractivity contribution in [1.82, 2.24) is 4.31 Å². The van der Waals surface area contributed by atoms with Gasteiger partial charge in [0.2, 0.25) is 10.0 Å². The van der Waals surface area contributed by atoms with Gasteiger partial charge in [0.1, 0.15) is 0 Å². The van der Waals surface area contributed by atoms with Crippen molar-refractivity contribution < 1.29 is 8.42 Å². The largest absolute Gasteiger partial charge is 0.383 e. The molecule has 0 aromatic heterocycles. The maximum absolute atomic E-state index is 12.9. The summed E-state index contributed by atoms with van der Waals surface area (Å²) in [5, 5.41) is 3.34. The molecular weight excluding hydrogens is 423 g/mol. The minimum Gasteiger partial charge on any atom is -0.383 e. The SMILES string of the molecule is O=S(=O)(c1cccc(I)c1)N1CCC[C@H]1CNc1ccccc1. The number of benzene rings is 2. The van der Waals surface area contributed by atoms with Crippen LogP contribution in [0.15, 0.2) is 59.5 Å². The van der Waals surface area contributed by atoms with E-state index in [9.17, 15) is 8.42 Å². The fraction of sp³-hybridized carbons (Fsp3) is 0.294. The Morgan fingerprint density at radius 3 is 2.65 bits per heavy atom. The summed E-state index contributed by atoms with van der Waals surface area (Å²) in [5.41, 5.74) is 1.02. The first-order valence-corrected chi connectivity index (χ1v) is 10.2. The van der Waals surface area contributed by atoms with Gasteiger partial charge in [0.25, 0.3) is 0 Å². The molecular formula is C17H19IN2O2S. The molecule has 0 aliphatic carbocycles. The molecule has 1 aliphatic heterocycles. The number of nitrogens with one attached hydrogen (secondary N) is 1. The van der Waals surface area contributed by atoms with Crippen molar-refractivity contribution in [2.45, 2.75) is 23.8 Å². The van der Waals surface area contributed by atoms with Gasteiger partial charge in [-0.1, -0.05) is 24.3 Å². The number of hydrogen-bond acceptors (Lipinski definition) is 3. The lowest BCUT2D eigenvalue weighted by atomic mass is 10.2. The second kappa shape index (κ2) is 7.19. The minimum absolute atomic E-state index is 0.00178. The van der Waals surface area contributed by atoms with E-state index < -0.39 is 10.0 Å². The highest BCUT2D eigenvalue weighted by molar-refractivity contribution is 14.1. The van der Waals surface area contributed by atoms with E-state index in [1.165, 1.54) is 0 Å². The van der Waals surface area contributed by atoms with Crippen molar-refractivity contribution in [2.75, 3.05) is 18.4 Å². The van der Waals surface area contributed by atoms with E-state index in [4.69, 9.17) is 0 Å². The molecule has 2 aromatic rings. The van der Waals surface area contributed by atoms with Crippen LogP contribution in [-0.2, 0) is 10.0 Å². The van der Waals surface area contributed by atoms with E-state index in [1.807, 2.05) is 36.4 Å². The van der Waals surface area contributed by atoms with Gasteiger partial charge in [-0.3, -0.25) is 0 Å². The van der Waals surface area contributed by atoms with Crippen molar-refractivity contribution in [3.63, 3.8) is 0 Å². The van der Waals surface area contributed by atoms with E-state index in [-0.39, 0.29) is 6.04 Å². The number of para-hydroxylation sites is 1. The molecule has 1 N–H and O–H groups in total. The monoisotopic (exact) mass is 442 g/mol. The summed E-state index contributed by atoms with van der Waals surface area (Å²) in [5.74, 6) is 0. The predicted molar refractivity (Wildman–Crippen MR) is 101 cm³/mol. The Labute approximate surface area is 151 Å². The van der Waals surface area contributed by atoms with Gasteiger partial charge in [-0.2, -0.15) is 4.31 Å². The molecule has 1 saturated heterocycles. The highest BCUT2D eigenvalue weighted by Crippen LogP contribution is 2.27. The zero-order valence-electron chi connectivity index (χ0n) is 12.7. The highest BCUT2D eigenvalue weighted by Gasteiger charge is 2.35. The zero-order chi connectivity index (χ0) is 16.3. The van der Waals surface area contributed by atoms with Crippen LogP contribution in [0.3, 0.4) is 0 Å². The fourth-order valence-corrected chi connectivity index (χ4v) is 5.38. The van der Waals surface area contributed by atoms with Gasteiger partial charge in [-0.15, -0.1) is 0 Å². The Balaban J connectivity index is 1.75. The molecule has 0 amide bonds. The second-order valence-corrected chi connectivity index (χ2v) is 8.75. The molecule has 3 rings (SSSR count). The number of rotatable bonds is 5. The predicted octanol–water partition coefficient (Wildman–Crippen LogP) is 3.56. The summed E-state index contributed by atoms with van der Waals surface area (Å²) < 4.78 is 28.4. The smallest absolute Gasteiger partial charge is 0.243 e. The van der Waals surface area contributed by atoms with Crippen LogP contribution in [-0.4, -0.2) is 31.9 Å². The maximum atomic E-state index is 12.9. The van der Waals surface area contributed by atoms with Crippen molar-refractivity contribution >= 4 is 38.3 Å². The highest BCUT2D eigenvalue weighted by atomic mass is 127. The van der Waals surface area contributed by atoms with Crippen molar-refractivity contribution in [3.8, 4) is 0 Å². The number of halogens is 1. The number of nitrogens with zero attached hydrogens (tertiary/aromatic N) is 1. The first kappa shape index (κ1) is 16.7. The zero-order valence-corrected chi connectivity index (χ0v) is 15.6. The average Bonchev–Trinajstić information content (AvgIpc) is 3.03. The molecule has 0 unspecified atom stereocenters. The summed E-state index contributed by atoms with van der Waals surface area (Å²) in [6, 6.07) is 17.0.